The number of benzene rings is 2. The number of carbonyl (C=O) groups is 1. The van der Waals surface area contributed by atoms with Gasteiger partial charge in [0.1, 0.15) is 6.04 Å². The Balaban J connectivity index is 1.48. The number of aromatic nitrogens is 1. The van der Waals surface area contributed by atoms with Gasteiger partial charge in [-0.1, -0.05) is 72.8 Å². The molecule has 2 aromatic carbocycles. The number of likely N-dealkylation sites (tertiary alicyclic amines) is 1. The van der Waals surface area contributed by atoms with E-state index in [9.17, 15) is 15.2 Å². The zero-order valence-electron chi connectivity index (χ0n) is 17.0. The zero-order chi connectivity index (χ0) is 21.6. The summed E-state index contributed by atoms with van der Waals surface area (Å²) in [5, 5.41) is 19.7. The summed E-state index contributed by atoms with van der Waals surface area (Å²) in [7, 11) is 0. The number of hydrogen-bond donors (Lipinski definition) is 1. The third-order valence-electron chi connectivity index (χ3n) is 5.67. The molecule has 3 aromatic rings. The molecule has 1 aromatic heterocycles. The van der Waals surface area contributed by atoms with Crippen LogP contribution in [0, 0.1) is 11.3 Å². The smallest absolute Gasteiger partial charge is 0.230 e. The summed E-state index contributed by atoms with van der Waals surface area (Å²) in [4.78, 5) is 18.5. The minimum atomic E-state index is -0.598. The van der Waals surface area contributed by atoms with Crippen LogP contribution in [-0.2, 0) is 11.2 Å². The largest absolute Gasteiger partial charge is 0.394 e. The van der Waals surface area contributed by atoms with Gasteiger partial charge in [0.15, 0.2) is 0 Å². The summed E-state index contributed by atoms with van der Waals surface area (Å²) >= 11 is 0. The second-order valence-corrected chi connectivity index (χ2v) is 7.56. The lowest BCUT2D eigenvalue weighted by molar-refractivity contribution is -0.146. The van der Waals surface area contributed by atoms with Crippen molar-refractivity contribution in [2.45, 2.75) is 24.4 Å². The molecule has 0 aliphatic carbocycles. The molecule has 1 N–H and O–H groups in total. The standard InChI is InChI=1S/C26H23N3O2/c27-17-23-26(24(18-30)29(23)25(31)16-22-8-4-5-15-28-22)21-13-11-20(12-14-21)10-9-19-6-2-1-3-7-19/h1-15,23-24,26,30H,16,18H2/b10-9+/t23-,24-,26-/m1/s1. The number of pyridine rings is 1. The zero-order valence-corrected chi connectivity index (χ0v) is 17.0. The molecule has 1 saturated heterocycles. The van der Waals surface area contributed by atoms with Crippen molar-refractivity contribution < 1.29 is 9.90 Å². The van der Waals surface area contributed by atoms with Crippen molar-refractivity contribution in [3.8, 4) is 6.07 Å². The van der Waals surface area contributed by atoms with E-state index in [2.05, 4.69) is 11.1 Å². The van der Waals surface area contributed by atoms with Gasteiger partial charge in [0.25, 0.3) is 0 Å². The first-order valence-corrected chi connectivity index (χ1v) is 10.3. The second kappa shape index (κ2) is 9.38. The van der Waals surface area contributed by atoms with Crippen LogP contribution in [0.5, 0.6) is 0 Å². The first-order chi connectivity index (χ1) is 15.2. The van der Waals surface area contributed by atoms with Crippen LogP contribution in [0.15, 0.2) is 79.0 Å². The highest BCUT2D eigenvalue weighted by Gasteiger charge is 2.51. The minimum Gasteiger partial charge on any atom is -0.394 e. The predicted octanol–water partition coefficient (Wildman–Crippen LogP) is 3.67. The van der Waals surface area contributed by atoms with Gasteiger partial charge in [-0.2, -0.15) is 5.26 Å². The van der Waals surface area contributed by atoms with Crippen molar-refractivity contribution in [1.29, 1.82) is 5.26 Å². The monoisotopic (exact) mass is 409 g/mol. The molecule has 154 valence electrons. The fraction of sp³-hybridized carbons (Fsp3) is 0.192. The van der Waals surface area contributed by atoms with E-state index in [1.165, 1.54) is 4.90 Å². The summed E-state index contributed by atoms with van der Waals surface area (Å²) in [5.74, 6) is -0.405. The fourth-order valence-electron chi connectivity index (χ4n) is 4.08. The molecular formula is C26H23N3O2. The molecule has 1 fully saturated rings. The number of nitriles is 1. The molecule has 5 heteroatoms. The third kappa shape index (κ3) is 4.40. The van der Waals surface area contributed by atoms with E-state index in [1.54, 1.807) is 18.3 Å². The summed E-state index contributed by atoms with van der Waals surface area (Å²) in [6.07, 6.45) is 5.84. The van der Waals surface area contributed by atoms with Crippen LogP contribution >= 0.6 is 0 Å². The van der Waals surface area contributed by atoms with Gasteiger partial charge in [0, 0.05) is 17.8 Å². The molecule has 2 heterocycles. The SMILES string of the molecule is N#C[C@@H]1[C@@H](c2ccc(/C=C/c3ccccc3)cc2)[C@@H](CO)N1C(=O)Cc1ccccn1. The average molecular weight is 409 g/mol. The highest BCUT2D eigenvalue weighted by Crippen LogP contribution is 2.40. The molecule has 1 amide bonds. The molecule has 4 rings (SSSR count). The van der Waals surface area contributed by atoms with Crippen molar-refractivity contribution in [1.82, 2.24) is 9.88 Å². The van der Waals surface area contributed by atoms with Gasteiger partial charge in [-0.25, -0.2) is 0 Å². The number of nitrogens with zero attached hydrogens (tertiary/aromatic N) is 3. The average Bonchev–Trinajstić information content (AvgIpc) is 2.80. The molecule has 1 aliphatic rings. The molecule has 0 spiro atoms. The Hall–Kier alpha value is -3.75. The number of carbonyl (C=O) groups excluding carboxylic acids is 1. The second-order valence-electron chi connectivity index (χ2n) is 7.56. The molecule has 5 nitrogen and oxygen atoms in total. The Bertz CT molecular complexity index is 1090. The molecule has 0 unspecified atom stereocenters. The van der Waals surface area contributed by atoms with E-state index in [-0.39, 0.29) is 24.9 Å². The Morgan fingerprint density at radius 3 is 2.29 bits per heavy atom. The van der Waals surface area contributed by atoms with Crippen LogP contribution in [0.1, 0.15) is 28.3 Å². The van der Waals surface area contributed by atoms with Crippen LogP contribution in [0.4, 0.5) is 0 Å². The number of hydrogen-bond acceptors (Lipinski definition) is 4. The topological polar surface area (TPSA) is 77.2 Å². The van der Waals surface area contributed by atoms with Gasteiger partial charge >= 0.3 is 0 Å². The molecule has 0 bridgehead atoms. The summed E-state index contributed by atoms with van der Waals surface area (Å²) in [5.41, 5.74) is 3.77. The van der Waals surface area contributed by atoms with Gasteiger partial charge in [0.2, 0.25) is 5.91 Å². The van der Waals surface area contributed by atoms with Crippen molar-refractivity contribution in [2.75, 3.05) is 6.61 Å². The van der Waals surface area contributed by atoms with Gasteiger partial charge in [-0.15, -0.1) is 0 Å². The van der Waals surface area contributed by atoms with E-state index in [0.717, 1.165) is 16.7 Å². The normalized spacial score (nSPS) is 20.3. The first-order valence-electron chi connectivity index (χ1n) is 10.3. The Labute approximate surface area is 181 Å². The number of amides is 1. The quantitative estimate of drug-likeness (QED) is 0.630. The Kier molecular flexibility index (Phi) is 6.21. The van der Waals surface area contributed by atoms with Gasteiger partial charge < -0.3 is 10.0 Å². The molecule has 31 heavy (non-hydrogen) atoms. The predicted molar refractivity (Wildman–Crippen MR) is 120 cm³/mol. The lowest BCUT2D eigenvalue weighted by atomic mass is 9.75. The molecule has 0 radical (unpaired) electrons. The van der Waals surface area contributed by atoms with Crippen LogP contribution in [0.3, 0.4) is 0 Å². The molecule has 3 atom stereocenters. The maximum Gasteiger partial charge on any atom is 0.230 e. The summed E-state index contributed by atoms with van der Waals surface area (Å²) in [6.45, 7) is -0.188. The van der Waals surface area contributed by atoms with Crippen LogP contribution in [0.2, 0.25) is 0 Å². The highest BCUT2D eigenvalue weighted by atomic mass is 16.3. The highest BCUT2D eigenvalue weighted by molar-refractivity contribution is 5.81. The van der Waals surface area contributed by atoms with Crippen molar-refractivity contribution in [2.24, 2.45) is 0 Å². The minimum absolute atomic E-state index is 0.117. The van der Waals surface area contributed by atoms with Crippen molar-refractivity contribution in [3.63, 3.8) is 0 Å². The summed E-state index contributed by atoms with van der Waals surface area (Å²) in [6, 6.07) is 24.6. The number of aliphatic hydroxyl groups is 1. The summed E-state index contributed by atoms with van der Waals surface area (Å²) < 4.78 is 0. The molecule has 0 saturated carbocycles. The Morgan fingerprint density at radius 1 is 1.00 bits per heavy atom. The van der Waals surface area contributed by atoms with E-state index in [0.29, 0.717) is 5.69 Å². The van der Waals surface area contributed by atoms with Crippen molar-refractivity contribution >= 4 is 18.1 Å². The van der Waals surface area contributed by atoms with Gasteiger partial charge in [-0.3, -0.25) is 9.78 Å². The number of rotatable bonds is 6. The number of aliphatic hydroxyl groups excluding tert-OH is 1. The lowest BCUT2D eigenvalue weighted by Gasteiger charge is -2.51. The van der Waals surface area contributed by atoms with E-state index in [1.807, 2.05) is 72.8 Å². The molecular weight excluding hydrogens is 386 g/mol. The van der Waals surface area contributed by atoms with E-state index >= 15 is 0 Å². The van der Waals surface area contributed by atoms with Crippen LogP contribution in [0.25, 0.3) is 12.2 Å². The molecule has 1 aliphatic heterocycles. The fourth-order valence-corrected chi connectivity index (χ4v) is 4.08. The Morgan fingerprint density at radius 2 is 1.68 bits per heavy atom. The van der Waals surface area contributed by atoms with Gasteiger partial charge in [0.05, 0.1) is 25.1 Å². The first kappa shape index (κ1) is 20.5. The van der Waals surface area contributed by atoms with Crippen LogP contribution in [-0.4, -0.2) is 39.6 Å². The van der Waals surface area contributed by atoms with Gasteiger partial charge in [-0.05, 0) is 28.8 Å². The maximum atomic E-state index is 12.8. The lowest BCUT2D eigenvalue weighted by Crippen LogP contribution is -2.65. The van der Waals surface area contributed by atoms with E-state index < -0.39 is 12.1 Å². The third-order valence-corrected chi connectivity index (χ3v) is 5.67. The van der Waals surface area contributed by atoms with Crippen LogP contribution < -0.4 is 0 Å². The van der Waals surface area contributed by atoms with E-state index in [4.69, 9.17) is 0 Å². The maximum absolute atomic E-state index is 12.8. The van der Waals surface area contributed by atoms with Crippen molar-refractivity contribution in [3.05, 3.63) is 101 Å².